The van der Waals surface area contributed by atoms with E-state index in [1.165, 1.54) is 12.1 Å². The van der Waals surface area contributed by atoms with Gasteiger partial charge in [-0.1, -0.05) is 31.9 Å². The summed E-state index contributed by atoms with van der Waals surface area (Å²) >= 11 is 0. The molecular weight excluding hydrogens is 281 g/mol. The molecule has 0 spiro atoms. The van der Waals surface area contributed by atoms with E-state index in [-0.39, 0.29) is 17.8 Å². The second kappa shape index (κ2) is 7.53. The lowest BCUT2D eigenvalue weighted by atomic mass is 9.95. The van der Waals surface area contributed by atoms with Gasteiger partial charge in [-0.25, -0.2) is 0 Å². The highest BCUT2D eigenvalue weighted by Crippen LogP contribution is 2.35. The van der Waals surface area contributed by atoms with Crippen molar-refractivity contribution in [2.45, 2.75) is 38.5 Å². The molecule has 0 heterocycles. The number of unbranched alkanes of at least 4 members (excludes halogenated alkanes) is 2. The zero-order valence-corrected chi connectivity index (χ0v) is 12.3. The van der Waals surface area contributed by atoms with Crippen molar-refractivity contribution in [1.29, 1.82) is 0 Å². The third-order valence-corrected chi connectivity index (χ3v) is 4.16. The molecule has 7 heteroatoms. The Balaban J connectivity index is 2.34. The normalized spacial score (nSPS) is 13.2. The maximum atomic E-state index is 10.7. The molecule has 0 amide bonds. The van der Waals surface area contributed by atoms with Crippen LogP contribution in [0.3, 0.4) is 0 Å². The third kappa shape index (κ3) is 6.28. The average Bonchev–Trinajstić information content (AvgIpc) is 2.37. The predicted octanol–water partition coefficient (Wildman–Crippen LogP) is 3.44. The van der Waals surface area contributed by atoms with Gasteiger partial charge < -0.3 is 9.79 Å². The highest BCUT2D eigenvalue weighted by molar-refractivity contribution is 7.51. The van der Waals surface area contributed by atoms with Crippen molar-refractivity contribution in [1.82, 2.24) is 0 Å². The monoisotopic (exact) mass is 301 g/mol. The molecule has 0 aliphatic rings. The lowest BCUT2D eigenvalue weighted by Crippen LogP contribution is -1.96. The molecule has 1 aromatic rings. The molecule has 112 valence electrons. The molecule has 0 aliphatic heterocycles. The van der Waals surface area contributed by atoms with Gasteiger partial charge in [0.05, 0.1) is 4.92 Å². The summed E-state index contributed by atoms with van der Waals surface area (Å²) in [6.45, 7) is 2.05. The molecular formula is C13H20NO5P. The molecule has 0 fully saturated rings. The highest BCUT2D eigenvalue weighted by Gasteiger charge is 2.12. The van der Waals surface area contributed by atoms with Crippen LogP contribution in [0.4, 0.5) is 5.69 Å². The lowest BCUT2D eigenvalue weighted by molar-refractivity contribution is -0.384. The quantitative estimate of drug-likeness (QED) is 0.331. The molecule has 1 unspecified atom stereocenters. The Labute approximate surface area is 118 Å². The number of benzene rings is 1. The Bertz CT molecular complexity index is 482. The predicted molar refractivity (Wildman–Crippen MR) is 76.9 cm³/mol. The van der Waals surface area contributed by atoms with Gasteiger partial charge in [0.15, 0.2) is 0 Å². The van der Waals surface area contributed by atoms with Crippen molar-refractivity contribution in [2.75, 3.05) is 6.16 Å². The molecule has 0 saturated heterocycles. The van der Waals surface area contributed by atoms with Gasteiger partial charge in [0.25, 0.3) is 5.69 Å². The van der Waals surface area contributed by atoms with E-state index in [0.717, 1.165) is 24.8 Å². The van der Waals surface area contributed by atoms with Gasteiger partial charge in [0.2, 0.25) is 0 Å². The van der Waals surface area contributed by atoms with Gasteiger partial charge in [0, 0.05) is 18.3 Å². The van der Waals surface area contributed by atoms with Crippen molar-refractivity contribution < 1.29 is 19.3 Å². The standard InChI is InChI=1S/C13H20NO5P/c1-11(5-3-2-4-10-20(17,18)19)12-6-8-13(9-7-12)14(15)16/h6-9,11H,2-5,10H2,1H3,(H2,17,18,19). The molecule has 0 aliphatic carbocycles. The minimum absolute atomic E-state index is 0.0566. The summed E-state index contributed by atoms with van der Waals surface area (Å²) in [4.78, 5) is 27.6. The van der Waals surface area contributed by atoms with Gasteiger partial charge in [-0.15, -0.1) is 0 Å². The fourth-order valence-electron chi connectivity index (χ4n) is 2.04. The molecule has 1 atom stereocenters. The lowest BCUT2D eigenvalue weighted by Gasteiger charge is -2.11. The zero-order valence-electron chi connectivity index (χ0n) is 11.4. The summed E-state index contributed by atoms with van der Waals surface area (Å²) in [5.74, 6) is 0.283. The molecule has 0 radical (unpaired) electrons. The molecule has 0 saturated carbocycles. The fraction of sp³-hybridized carbons (Fsp3) is 0.538. The topological polar surface area (TPSA) is 101 Å². The van der Waals surface area contributed by atoms with Crippen LogP contribution in [0, 0.1) is 10.1 Å². The second-order valence-electron chi connectivity index (χ2n) is 4.99. The minimum Gasteiger partial charge on any atom is -0.324 e. The molecule has 20 heavy (non-hydrogen) atoms. The van der Waals surface area contributed by atoms with E-state index in [9.17, 15) is 14.7 Å². The average molecular weight is 301 g/mol. The van der Waals surface area contributed by atoms with E-state index in [0.29, 0.717) is 6.42 Å². The van der Waals surface area contributed by atoms with Crippen molar-refractivity contribution in [3.63, 3.8) is 0 Å². The van der Waals surface area contributed by atoms with Crippen LogP contribution in [0.5, 0.6) is 0 Å². The van der Waals surface area contributed by atoms with Crippen LogP contribution in [-0.2, 0) is 4.57 Å². The number of nitrogens with zero attached hydrogens (tertiary/aromatic N) is 1. The molecule has 6 nitrogen and oxygen atoms in total. The number of hydrogen-bond acceptors (Lipinski definition) is 3. The first kappa shape index (κ1) is 16.8. The first-order valence-corrected chi connectivity index (χ1v) is 8.38. The fourth-order valence-corrected chi connectivity index (χ4v) is 2.67. The van der Waals surface area contributed by atoms with Gasteiger partial charge in [0.1, 0.15) is 0 Å². The van der Waals surface area contributed by atoms with Gasteiger partial charge in [-0.3, -0.25) is 14.7 Å². The van der Waals surface area contributed by atoms with Crippen molar-refractivity contribution in [3.8, 4) is 0 Å². The van der Waals surface area contributed by atoms with Crippen LogP contribution < -0.4 is 0 Å². The number of hydrogen-bond donors (Lipinski definition) is 2. The largest absolute Gasteiger partial charge is 0.325 e. The smallest absolute Gasteiger partial charge is 0.324 e. The van der Waals surface area contributed by atoms with E-state index in [2.05, 4.69) is 0 Å². The summed E-state index contributed by atoms with van der Waals surface area (Å²) < 4.78 is 10.7. The zero-order chi connectivity index (χ0) is 15.2. The molecule has 2 N–H and O–H groups in total. The summed E-state index contributed by atoms with van der Waals surface area (Å²) in [5.41, 5.74) is 1.13. The molecule has 1 aromatic carbocycles. The first-order chi connectivity index (χ1) is 9.29. The van der Waals surface area contributed by atoms with Crippen LogP contribution in [0.1, 0.15) is 44.1 Å². The Morgan fingerprint density at radius 2 is 1.80 bits per heavy atom. The SMILES string of the molecule is CC(CCCCCP(=O)(O)O)c1ccc([N+](=O)[O-])cc1. The van der Waals surface area contributed by atoms with Crippen LogP contribution in [0.2, 0.25) is 0 Å². The van der Waals surface area contributed by atoms with Crippen molar-refractivity contribution >= 4 is 13.3 Å². The first-order valence-electron chi connectivity index (χ1n) is 6.58. The number of rotatable bonds is 8. The summed E-state index contributed by atoms with van der Waals surface area (Å²) in [6, 6.07) is 6.52. The third-order valence-electron chi connectivity index (χ3n) is 3.26. The second-order valence-corrected chi connectivity index (χ2v) is 6.76. The van der Waals surface area contributed by atoms with Crippen LogP contribution in [-0.4, -0.2) is 20.9 Å². The van der Waals surface area contributed by atoms with Crippen LogP contribution >= 0.6 is 7.60 Å². The maximum absolute atomic E-state index is 10.7. The van der Waals surface area contributed by atoms with E-state index >= 15 is 0 Å². The Morgan fingerprint density at radius 1 is 1.20 bits per heavy atom. The minimum atomic E-state index is -3.87. The summed E-state index contributed by atoms with van der Waals surface area (Å²) in [5, 5.41) is 10.5. The van der Waals surface area contributed by atoms with Gasteiger partial charge >= 0.3 is 7.60 Å². The summed E-state index contributed by atoms with van der Waals surface area (Å²) in [7, 11) is -3.87. The number of nitro groups is 1. The molecule has 0 aromatic heterocycles. The Kier molecular flexibility index (Phi) is 6.33. The highest BCUT2D eigenvalue weighted by atomic mass is 31.2. The van der Waals surface area contributed by atoms with Gasteiger partial charge in [-0.05, 0) is 24.3 Å². The van der Waals surface area contributed by atoms with Gasteiger partial charge in [-0.2, -0.15) is 0 Å². The van der Waals surface area contributed by atoms with Crippen molar-refractivity contribution in [3.05, 3.63) is 39.9 Å². The number of non-ortho nitro benzene ring substituents is 1. The summed E-state index contributed by atoms with van der Waals surface area (Å²) in [6.07, 6.45) is 3.04. The maximum Gasteiger partial charge on any atom is 0.325 e. The van der Waals surface area contributed by atoms with Crippen LogP contribution in [0.25, 0.3) is 0 Å². The van der Waals surface area contributed by atoms with E-state index in [4.69, 9.17) is 9.79 Å². The Hall–Kier alpha value is -1.23. The van der Waals surface area contributed by atoms with Crippen molar-refractivity contribution in [2.24, 2.45) is 0 Å². The van der Waals surface area contributed by atoms with E-state index in [1.807, 2.05) is 6.92 Å². The van der Waals surface area contributed by atoms with Crippen LogP contribution in [0.15, 0.2) is 24.3 Å². The van der Waals surface area contributed by atoms with E-state index < -0.39 is 12.5 Å². The molecule has 1 rings (SSSR count). The van der Waals surface area contributed by atoms with E-state index in [1.54, 1.807) is 12.1 Å². The Morgan fingerprint density at radius 3 is 2.30 bits per heavy atom. The number of nitro benzene ring substituents is 1. The molecule has 0 bridgehead atoms.